The van der Waals surface area contributed by atoms with E-state index < -0.39 is 17.4 Å². The van der Waals surface area contributed by atoms with Crippen molar-refractivity contribution >= 4 is 0 Å². The second kappa shape index (κ2) is 3.29. The van der Waals surface area contributed by atoms with Crippen LogP contribution in [0.15, 0.2) is 18.2 Å². The third kappa shape index (κ3) is 1.51. The first kappa shape index (κ1) is 9.55. The van der Waals surface area contributed by atoms with Crippen molar-refractivity contribution in [2.75, 3.05) is 13.2 Å². The number of rotatable bonds is 1. The SMILES string of the molecule is CC1(c2ccc(F)cc2F)OCCO1. The highest BCUT2D eigenvalue weighted by Crippen LogP contribution is 2.32. The third-order valence-electron chi connectivity index (χ3n) is 2.26. The lowest BCUT2D eigenvalue weighted by molar-refractivity contribution is -0.151. The molecule has 2 nitrogen and oxygen atoms in total. The first-order valence-corrected chi connectivity index (χ1v) is 4.35. The van der Waals surface area contributed by atoms with Crippen LogP contribution in [0, 0.1) is 11.6 Å². The number of hydrogen-bond acceptors (Lipinski definition) is 2. The highest BCUT2D eigenvalue weighted by molar-refractivity contribution is 5.23. The van der Waals surface area contributed by atoms with E-state index in [0.717, 1.165) is 6.07 Å². The summed E-state index contributed by atoms with van der Waals surface area (Å²) >= 11 is 0. The highest BCUT2D eigenvalue weighted by Gasteiger charge is 2.35. The van der Waals surface area contributed by atoms with Crippen LogP contribution in [0.1, 0.15) is 12.5 Å². The van der Waals surface area contributed by atoms with Crippen molar-refractivity contribution in [1.29, 1.82) is 0 Å². The Bertz CT molecular complexity index is 346. The van der Waals surface area contributed by atoms with Crippen LogP contribution in [0.5, 0.6) is 0 Å². The van der Waals surface area contributed by atoms with E-state index in [4.69, 9.17) is 9.47 Å². The molecule has 0 radical (unpaired) electrons. The minimum atomic E-state index is -1.07. The van der Waals surface area contributed by atoms with Gasteiger partial charge in [0.15, 0.2) is 5.79 Å². The van der Waals surface area contributed by atoms with Gasteiger partial charge in [0.05, 0.1) is 13.2 Å². The molecule has 1 aromatic rings. The van der Waals surface area contributed by atoms with Gasteiger partial charge in [-0.3, -0.25) is 0 Å². The van der Waals surface area contributed by atoms with Gasteiger partial charge in [-0.1, -0.05) is 0 Å². The lowest BCUT2D eigenvalue weighted by Crippen LogP contribution is -2.23. The van der Waals surface area contributed by atoms with Crippen LogP contribution in [0.3, 0.4) is 0 Å². The van der Waals surface area contributed by atoms with E-state index >= 15 is 0 Å². The average molecular weight is 200 g/mol. The molecule has 1 saturated heterocycles. The van der Waals surface area contributed by atoms with Crippen molar-refractivity contribution in [1.82, 2.24) is 0 Å². The van der Waals surface area contributed by atoms with E-state index in [1.54, 1.807) is 6.92 Å². The van der Waals surface area contributed by atoms with Gasteiger partial charge >= 0.3 is 0 Å². The second-order valence-corrected chi connectivity index (χ2v) is 3.27. The predicted octanol–water partition coefficient (Wildman–Crippen LogP) is 2.18. The summed E-state index contributed by atoms with van der Waals surface area (Å²) in [5.74, 6) is -2.32. The minimum Gasteiger partial charge on any atom is -0.344 e. The first-order chi connectivity index (χ1) is 6.62. The normalized spacial score (nSPS) is 19.9. The van der Waals surface area contributed by atoms with Crippen LogP contribution in [-0.4, -0.2) is 13.2 Å². The maximum Gasteiger partial charge on any atom is 0.194 e. The summed E-state index contributed by atoms with van der Waals surface area (Å²) in [5.41, 5.74) is 0.233. The zero-order chi connectivity index (χ0) is 10.2. The van der Waals surface area contributed by atoms with Gasteiger partial charge < -0.3 is 9.47 Å². The molecule has 0 bridgehead atoms. The van der Waals surface area contributed by atoms with Crippen molar-refractivity contribution in [3.8, 4) is 0 Å². The molecule has 0 atom stereocenters. The van der Waals surface area contributed by atoms with Gasteiger partial charge in [0.2, 0.25) is 0 Å². The average Bonchev–Trinajstić information content (AvgIpc) is 2.52. The van der Waals surface area contributed by atoms with Crippen LogP contribution in [0.25, 0.3) is 0 Å². The summed E-state index contributed by atoms with van der Waals surface area (Å²) in [6.45, 7) is 2.47. The zero-order valence-corrected chi connectivity index (χ0v) is 7.72. The topological polar surface area (TPSA) is 18.5 Å². The fraction of sp³-hybridized carbons (Fsp3) is 0.400. The standard InChI is InChI=1S/C10H10F2O2/c1-10(13-4-5-14-10)8-3-2-7(11)6-9(8)12/h2-3,6H,4-5H2,1H3. The van der Waals surface area contributed by atoms with Crippen LogP contribution >= 0.6 is 0 Å². The van der Waals surface area contributed by atoms with Crippen molar-refractivity contribution in [3.63, 3.8) is 0 Å². The van der Waals surface area contributed by atoms with Gasteiger partial charge in [0, 0.05) is 11.6 Å². The van der Waals surface area contributed by atoms with Crippen molar-refractivity contribution < 1.29 is 18.3 Å². The molecule has 0 N–H and O–H groups in total. The molecule has 0 aliphatic carbocycles. The van der Waals surface area contributed by atoms with Gasteiger partial charge in [-0.2, -0.15) is 0 Å². The highest BCUT2D eigenvalue weighted by atomic mass is 19.1. The molecule has 0 saturated carbocycles. The minimum absolute atomic E-state index is 0.233. The summed E-state index contributed by atoms with van der Waals surface area (Å²) in [7, 11) is 0. The molecular formula is C10H10F2O2. The molecule has 14 heavy (non-hydrogen) atoms. The number of halogens is 2. The Hall–Kier alpha value is -1.00. The van der Waals surface area contributed by atoms with E-state index in [1.165, 1.54) is 12.1 Å². The molecular weight excluding hydrogens is 190 g/mol. The summed E-state index contributed by atoms with van der Waals surface area (Å²) in [5, 5.41) is 0. The maximum atomic E-state index is 13.3. The van der Waals surface area contributed by atoms with Crippen molar-refractivity contribution in [2.24, 2.45) is 0 Å². The molecule has 0 aromatic heterocycles. The molecule has 2 rings (SSSR count). The summed E-state index contributed by atoms with van der Waals surface area (Å²) in [6.07, 6.45) is 0. The number of benzene rings is 1. The van der Waals surface area contributed by atoms with Gasteiger partial charge in [0.1, 0.15) is 11.6 Å². The lowest BCUT2D eigenvalue weighted by Gasteiger charge is -2.22. The van der Waals surface area contributed by atoms with Gasteiger partial charge in [-0.15, -0.1) is 0 Å². The van der Waals surface area contributed by atoms with Gasteiger partial charge in [-0.25, -0.2) is 8.78 Å². The van der Waals surface area contributed by atoms with Crippen LogP contribution in [0.2, 0.25) is 0 Å². The third-order valence-corrected chi connectivity index (χ3v) is 2.26. The molecule has 4 heteroatoms. The molecule has 1 aliphatic heterocycles. The second-order valence-electron chi connectivity index (χ2n) is 3.27. The maximum absolute atomic E-state index is 13.3. The molecule has 1 fully saturated rings. The molecule has 1 aliphatic rings. The first-order valence-electron chi connectivity index (χ1n) is 4.35. The summed E-state index contributed by atoms with van der Waals surface area (Å²) < 4.78 is 36.5. The zero-order valence-electron chi connectivity index (χ0n) is 7.72. The molecule has 0 unspecified atom stereocenters. The quantitative estimate of drug-likeness (QED) is 0.691. The Morgan fingerprint density at radius 1 is 1.21 bits per heavy atom. The number of hydrogen-bond donors (Lipinski definition) is 0. The number of ether oxygens (including phenoxy) is 2. The molecule has 1 heterocycles. The van der Waals surface area contributed by atoms with Gasteiger partial charge in [-0.05, 0) is 19.1 Å². The monoisotopic (exact) mass is 200 g/mol. The Morgan fingerprint density at radius 2 is 1.86 bits per heavy atom. The van der Waals surface area contributed by atoms with E-state index in [9.17, 15) is 8.78 Å². The smallest absolute Gasteiger partial charge is 0.194 e. The Morgan fingerprint density at radius 3 is 2.43 bits per heavy atom. The van der Waals surface area contributed by atoms with Crippen LogP contribution in [-0.2, 0) is 15.3 Å². The summed E-state index contributed by atoms with van der Waals surface area (Å²) in [4.78, 5) is 0. The van der Waals surface area contributed by atoms with Gasteiger partial charge in [0.25, 0.3) is 0 Å². The predicted molar refractivity (Wildman–Crippen MR) is 45.6 cm³/mol. The van der Waals surface area contributed by atoms with Crippen LogP contribution < -0.4 is 0 Å². The molecule has 0 amide bonds. The van der Waals surface area contributed by atoms with E-state index in [2.05, 4.69) is 0 Å². The largest absolute Gasteiger partial charge is 0.344 e. The van der Waals surface area contributed by atoms with Crippen LogP contribution in [0.4, 0.5) is 8.78 Å². The van der Waals surface area contributed by atoms with E-state index in [-0.39, 0.29) is 5.56 Å². The molecule has 1 aromatic carbocycles. The molecule has 76 valence electrons. The van der Waals surface area contributed by atoms with E-state index in [1.807, 2.05) is 0 Å². The van der Waals surface area contributed by atoms with Crippen molar-refractivity contribution in [3.05, 3.63) is 35.4 Å². The Balaban J connectivity index is 2.40. The van der Waals surface area contributed by atoms with Crippen molar-refractivity contribution in [2.45, 2.75) is 12.7 Å². The molecule has 0 spiro atoms. The fourth-order valence-corrected chi connectivity index (χ4v) is 1.53. The fourth-order valence-electron chi connectivity index (χ4n) is 1.53. The Labute approximate surface area is 80.4 Å². The van der Waals surface area contributed by atoms with E-state index in [0.29, 0.717) is 13.2 Å². The lowest BCUT2D eigenvalue weighted by atomic mass is 10.1. The Kier molecular flexibility index (Phi) is 2.25. The summed E-state index contributed by atoms with van der Waals surface area (Å²) in [6, 6.07) is 3.36.